The number of carbonyl (C=O) groups is 2. The summed E-state index contributed by atoms with van der Waals surface area (Å²) in [7, 11) is 0. The number of aromatic nitrogens is 4. The van der Waals surface area contributed by atoms with E-state index in [1.807, 2.05) is 30.3 Å². The zero-order chi connectivity index (χ0) is 20.5. The molecule has 148 valence electrons. The van der Waals surface area contributed by atoms with Gasteiger partial charge in [-0.15, -0.1) is 5.10 Å². The topological polar surface area (TPSA) is 99.0 Å². The number of tetrazole rings is 1. The fraction of sp³-hybridized carbons (Fsp3) is 0.190. The molecule has 2 aromatic carbocycles. The summed E-state index contributed by atoms with van der Waals surface area (Å²) in [5, 5.41) is 14.1. The maximum Gasteiger partial charge on any atom is 0.330 e. The van der Waals surface area contributed by atoms with E-state index in [1.54, 1.807) is 37.3 Å². The van der Waals surface area contributed by atoms with Crippen molar-refractivity contribution in [2.45, 2.75) is 19.4 Å². The van der Waals surface area contributed by atoms with Gasteiger partial charge < -0.3 is 10.1 Å². The molecule has 1 heterocycles. The van der Waals surface area contributed by atoms with E-state index in [-0.39, 0.29) is 5.91 Å². The summed E-state index contributed by atoms with van der Waals surface area (Å²) in [6.45, 7) is 2.09. The van der Waals surface area contributed by atoms with Crippen molar-refractivity contribution in [1.29, 1.82) is 0 Å². The first-order chi connectivity index (χ1) is 14.2. The van der Waals surface area contributed by atoms with E-state index in [2.05, 4.69) is 20.8 Å². The summed E-state index contributed by atoms with van der Waals surface area (Å²) in [5.41, 5.74) is 2.45. The second-order valence-corrected chi connectivity index (χ2v) is 6.19. The van der Waals surface area contributed by atoms with Gasteiger partial charge in [-0.3, -0.25) is 4.79 Å². The van der Waals surface area contributed by atoms with E-state index in [0.717, 1.165) is 11.1 Å². The predicted molar refractivity (Wildman–Crippen MR) is 108 cm³/mol. The van der Waals surface area contributed by atoms with Crippen LogP contribution in [0.1, 0.15) is 24.1 Å². The van der Waals surface area contributed by atoms with Gasteiger partial charge in [-0.1, -0.05) is 42.5 Å². The third kappa shape index (κ3) is 5.83. The van der Waals surface area contributed by atoms with Gasteiger partial charge in [-0.25, -0.2) is 9.48 Å². The number of rotatable bonds is 8. The molecule has 0 saturated heterocycles. The fourth-order valence-electron chi connectivity index (χ4n) is 2.71. The molecule has 29 heavy (non-hydrogen) atoms. The molecule has 8 nitrogen and oxygen atoms in total. The van der Waals surface area contributed by atoms with Crippen LogP contribution in [0, 0.1) is 0 Å². The van der Waals surface area contributed by atoms with Crippen LogP contribution in [-0.2, 0) is 20.7 Å². The lowest BCUT2D eigenvalue weighted by Gasteiger charge is -2.16. The van der Waals surface area contributed by atoms with Crippen molar-refractivity contribution >= 4 is 23.6 Å². The predicted octanol–water partition coefficient (Wildman–Crippen LogP) is 2.67. The number of anilines is 1. The molecule has 0 aliphatic heterocycles. The molecule has 3 aromatic rings. The lowest BCUT2D eigenvalue weighted by Crippen LogP contribution is -2.28. The summed E-state index contributed by atoms with van der Waals surface area (Å²) in [4.78, 5) is 24.3. The summed E-state index contributed by atoms with van der Waals surface area (Å²) in [6.07, 6.45) is 4.90. The Bertz CT molecular complexity index is 954. The first kappa shape index (κ1) is 19.9. The van der Waals surface area contributed by atoms with E-state index in [1.165, 1.54) is 17.1 Å². The van der Waals surface area contributed by atoms with Gasteiger partial charge in [-0.05, 0) is 46.7 Å². The number of benzene rings is 2. The van der Waals surface area contributed by atoms with E-state index >= 15 is 0 Å². The normalized spacial score (nSPS) is 11.9. The molecule has 0 aliphatic rings. The zero-order valence-electron chi connectivity index (χ0n) is 15.9. The van der Waals surface area contributed by atoms with Crippen LogP contribution in [-0.4, -0.2) is 38.7 Å². The number of ether oxygens (including phenoxy) is 1. The molecule has 3 rings (SSSR count). The van der Waals surface area contributed by atoms with Crippen LogP contribution < -0.4 is 5.32 Å². The lowest BCUT2D eigenvalue weighted by molar-refractivity contribution is -0.137. The van der Waals surface area contributed by atoms with Crippen LogP contribution in [0.5, 0.6) is 0 Å². The number of esters is 1. The van der Waals surface area contributed by atoms with Crippen LogP contribution in [0.3, 0.4) is 0 Å². The van der Waals surface area contributed by atoms with Gasteiger partial charge in [0.25, 0.3) is 0 Å². The van der Waals surface area contributed by atoms with Crippen LogP contribution in [0.15, 0.2) is 67.0 Å². The molecule has 1 N–H and O–H groups in total. The monoisotopic (exact) mass is 391 g/mol. The van der Waals surface area contributed by atoms with Gasteiger partial charge in [0.15, 0.2) is 0 Å². The van der Waals surface area contributed by atoms with Crippen molar-refractivity contribution in [3.05, 3.63) is 78.1 Å². The van der Waals surface area contributed by atoms with E-state index < -0.39 is 12.0 Å². The van der Waals surface area contributed by atoms with Gasteiger partial charge in [0.2, 0.25) is 5.91 Å². The van der Waals surface area contributed by atoms with Gasteiger partial charge >= 0.3 is 5.97 Å². The molecule has 1 unspecified atom stereocenters. The van der Waals surface area contributed by atoms with Gasteiger partial charge in [0, 0.05) is 18.2 Å². The molecule has 8 heteroatoms. The minimum absolute atomic E-state index is 0.226. The van der Waals surface area contributed by atoms with E-state index in [9.17, 15) is 9.59 Å². The van der Waals surface area contributed by atoms with Crippen molar-refractivity contribution in [2.24, 2.45) is 0 Å². The molecule has 0 bridgehead atoms. The first-order valence-electron chi connectivity index (χ1n) is 9.18. The highest BCUT2D eigenvalue weighted by Crippen LogP contribution is 2.17. The Morgan fingerprint density at radius 1 is 1.14 bits per heavy atom. The van der Waals surface area contributed by atoms with Crippen molar-refractivity contribution in [2.75, 3.05) is 11.9 Å². The summed E-state index contributed by atoms with van der Waals surface area (Å²) < 4.78 is 6.29. The zero-order valence-corrected chi connectivity index (χ0v) is 15.9. The van der Waals surface area contributed by atoms with Crippen LogP contribution in [0.25, 0.3) is 6.08 Å². The van der Waals surface area contributed by atoms with E-state index in [0.29, 0.717) is 18.7 Å². The molecular weight excluding hydrogens is 370 g/mol. The second-order valence-electron chi connectivity index (χ2n) is 6.19. The average molecular weight is 391 g/mol. The first-order valence-corrected chi connectivity index (χ1v) is 9.18. The van der Waals surface area contributed by atoms with Gasteiger partial charge in [0.05, 0.1) is 6.61 Å². The number of nitrogens with one attached hydrogen (secondary N) is 1. The number of hydrogen-bond acceptors (Lipinski definition) is 6. The number of amides is 1. The number of hydrogen-bond donors (Lipinski definition) is 1. The van der Waals surface area contributed by atoms with Gasteiger partial charge in [-0.2, -0.15) is 0 Å². The highest BCUT2D eigenvalue weighted by atomic mass is 16.5. The number of carbonyl (C=O) groups excluding carboxylic acids is 2. The van der Waals surface area contributed by atoms with Gasteiger partial charge in [0.1, 0.15) is 12.4 Å². The third-order valence-corrected chi connectivity index (χ3v) is 4.14. The Kier molecular flexibility index (Phi) is 6.83. The Balaban J connectivity index is 1.68. The fourth-order valence-corrected chi connectivity index (χ4v) is 2.71. The molecular formula is C21H21N5O3. The Morgan fingerprint density at radius 2 is 1.90 bits per heavy atom. The molecule has 1 atom stereocenters. The van der Waals surface area contributed by atoms with Crippen LogP contribution in [0.4, 0.5) is 5.69 Å². The van der Waals surface area contributed by atoms with Crippen molar-refractivity contribution in [1.82, 2.24) is 20.2 Å². The minimum atomic E-state index is -0.587. The van der Waals surface area contributed by atoms with Crippen molar-refractivity contribution in [3.8, 4) is 0 Å². The minimum Gasteiger partial charge on any atom is -0.463 e. The van der Waals surface area contributed by atoms with Crippen molar-refractivity contribution < 1.29 is 14.3 Å². The highest BCUT2D eigenvalue weighted by Gasteiger charge is 2.22. The summed E-state index contributed by atoms with van der Waals surface area (Å²) in [6, 6.07) is 16.2. The molecule has 0 aliphatic carbocycles. The molecule has 0 radical (unpaired) electrons. The number of nitrogens with zero attached hydrogens (tertiary/aromatic N) is 4. The molecule has 0 saturated carbocycles. The highest BCUT2D eigenvalue weighted by molar-refractivity contribution is 5.94. The molecule has 0 fully saturated rings. The Labute approximate surface area is 168 Å². The smallest absolute Gasteiger partial charge is 0.330 e. The maximum absolute atomic E-state index is 12.9. The molecule has 1 aromatic heterocycles. The average Bonchev–Trinajstić information content (AvgIpc) is 3.27. The Hall–Kier alpha value is -3.81. The lowest BCUT2D eigenvalue weighted by atomic mass is 10.1. The standard InChI is InChI=1S/C21H21N5O3/c1-2-29-20(27)13-10-16-8-11-18(12-9-16)23-21(28)19(26-15-22-24-25-26)14-17-6-4-3-5-7-17/h3-13,15,19H,2,14H2,1H3,(H,23,28). The largest absolute Gasteiger partial charge is 0.463 e. The SMILES string of the molecule is CCOC(=O)C=Cc1ccc(NC(=O)C(Cc2ccccc2)n2cnnn2)cc1. The Morgan fingerprint density at radius 3 is 2.55 bits per heavy atom. The quantitative estimate of drug-likeness (QED) is 0.468. The van der Waals surface area contributed by atoms with Crippen molar-refractivity contribution in [3.63, 3.8) is 0 Å². The second kappa shape index (κ2) is 9.93. The molecule has 0 spiro atoms. The maximum atomic E-state index is 12.9. The summed E-state index contributed by atoms with van der Waals surface area (Å²) in [5.74, 6) is -0.619. The third-order valence-electron chi connectivity index (χ3n) is 4.14. The molecule has 1 amide bonds. The summed E-state index contributed by atoms with van der Waals surface area (Å²) >= 11 is 0. The van der Waals surface area contributed by atoms with E-state index in [4.69, 9.17) is 4.74 Å². The van der Waals surface area contributed by atoms with Crippen LogP contribution >= 0.6 is 0 Å². The van der Waals surface area contributed by atoms with Crippen LogP contribution in [0.2, 0.25) is 0 Å².